The van der Waals surface area contributed by atoms with E-state index in [1.807, 2.05) is 13.8 Å². The summed E-state index contributed by atoms with van der Waals surface area (Å²) in [4.78, 5) is 47.1. The summed E-state index contributed by atoms with van der Waals surface area (Å²) in [6, 6.07) is 0. The van der Waals surface area contributed by atoms with Gasteiger partial charge in [0.2, 0.25) is 5.95 Å². The first kappa shape index (κ1) is 45.6. The third-order valence-electron chi connectivity index (χ3n) is 7.82. The van der Waals surface area contributed by atoms with E-state index >= 15 is 0 Å². The largest absolute Gasteiger partial charge is 1.00 e. The molecule has 0 bridgehead atoms. The smallest absolute Gasteiger partial charge is 0.756 e. The number of anilines is 1. The van der Waals surface area contributed by atoms with Crippen LogP contribution in [0.1, 0.15) is 39.1 Å². The van der Waals surface area contributed by atoms with Gasteiger partial charge in [-0.3, -0.25) is 28.0 Å². The Labute approximate surface area is 338 Å². The van der Waals surface area contributed by atoms with E-state index in [0.717, 1.165) is 15.6 Å². The SMILES string of the molecule is CC(C)CC(C)(O)c1cn(C[C@@H]2O[C@H](OP(=O)([O-])OP(=O)([O-])OC[C@H]3O[C@@H](n4cnc5c(=O)[nH]c(N)nc54)[C@H](O)[C@@H]3O)[C@@H](O)[C@H](O)[C@@H]2O)nn1.[Na+].[Na+]. The van der Waals surface area contributed by atoms with Crippen molar-refractivity contribution in [1.82, 2.24) is 34.5 Å². The molecule has 0 saturated carbocycles. The summed E-state index contributed by atoms with van der Waals surface area (Å²) >= 11 is 0. The molecule has 24 nitrogen and oxygen atoms in total. The van der Waals surface area contributed by atoms with Crippen molar-refractivity contribution in [2.45, 2.75) is 94.6 Å². The number of ether oxygens (including phenoxy) is 2. The van der Waals surface area contributed by atoms with E-state index in [1.165, 1.54) is 13.1 Å². The molecule has 52 heavy (non-hydrogen) atoms. The zero-order valence-corrected chi connectivity index (χ0v) is 34.3. The van der Waals surface area contributed by atoms with Crippen LogP contribution in [-0.4, -0.2) is 121 Å². The maximum absolute atomic E-state index is 12.6. The molecule has 0 aliphatic carbocycles. The number of hydrogen-bond acceptors (Lipinski definition) is 21. The molecular weight excluding hydrogens is 764 g/mol. The van der Waals surface area contributed by atoms with Crippen LogP contribution in [0.5, 0.6) is 0 Å². The minimum absolute atomic E-state index is 0. The third-order valence-corrected chi connectivity index (χ3v) is 10.4. The second kappa shape index (κ2) is 17.6. The average molecular weight is 801 g/mol. The first-order chi connectivity index (χ1) is 23.2. The number of nitrogens with two attached hydrogens (primary N) is 1. The van der Waals surface area contributed by atoms with Crippen molar-refractivity contribution in [3.63, 3.8) is 0 Å². The minimum atomic E-state index is -6.00. The number of aromatic amines is 1. The Hall–Kier alpha value is -0.770. The van der Waals surface area contributed by atoms with Crippen LogP contribution in [0, 0.1) is 5.92 Å². The van der Waals surface area contributed by atoms with Gasteiger partial charge in [0, 0.05) is 0 Å². The van der Waals surface area contributed by atoms with Crippen LogP contribution in [0.2, 0.25) is 0 Å². The monoisotopic (exact) mass is 800 g/mol. The standard InChI is InChI=1S/C24H38N8O16P2.2Na/c1-9(2)4-24(3,39)12-6-31(30-29-12)5-10-14(33)16(35)18(37)22(46-10)47-50(42,43)48-49(40,41)44-7-11-15(34)17(36)21(45-11)32-8-26-13-19(32)27-23(25)28-20(13)38;;/h6,8-11,14-18,21-22,33-37,39H,4-5,7H2,1-3H3,(H,40,41)(H,42,43)(H3,25,27,28,38);;/q;2*+1/p-2/t10-,11+,14+,15+,16+,17+,18-,21+,22+,24?;;/m0../s1. The number of aromatic nitrogens is 7. The number of imidazole rings is 1. The van der Waals surface area contributed by atoms with Gasteiger partial charge in [-0.05, 0) is 19.3 Å². The second-order valence-corrected chi connectivity index (χ2v) is 15.3. The van der Waals surface area contributed by atoms with Crippen LogP contribution in [0.3, 0.4) is 0 Å². The van der Waals surface area contributed by atoms with Crippen LogP contribution >= 0.6 is 15.6 Å². The molecule has 280 valence electrons. The van der Waals surface area contributed by atoms with E-state index in [-0.39, 0.29) is 87.8 Å². The van der Waals surface area contributed by atoms with Gasteiger partial charge in [0.15, 0.2) is 23.7 Å². The summed E-state index contributed by atoms with van der Waals surface area (Å²) in [7, 11) is -11.9. The number of nitrogens with zero attached hydrogens (tertiary/aromatic N) is 6. The molecule has 2 saturated heterocycles. The molecular formula is C24H36N8Na2O16P2. The van der Waals surface area contributed by atoms with Crippen LogP contribution < -0.4 is 80.2 Å². The Morgan fingerprint density at radius 2 is 1.69 bits per heavy atom. The number of rotatable bonds is 13. The van der Waals surface area contributed by atoms with E-state index in [4.69, 9.17) is 15.2 Å². The van der Waals surface area contributed by atoms with E-state index < -0.39 is 95.2 Å². The molecule has 0 amide bonds. The Kier molecular flexibility index (Phi) is 15.4. The Balaban J connectivity index is 0.00000364. The number of aliphatic hydroxyl groups excluding tert-OH is 5. The van der Waals surface area contributed by atoms with E-state index in [1.54, 1.807) is 0 Å². The van der Waals surface area contributed by atoms with Crippen LogP contribution in [0.25, 0.3) is 11.2 Å². The van der Waals surface area contributed by atoms with Crippen molar-refractivity contribution in [3.05, 3.63) is 28.6 Å². The molecule has 3 aromatic rings. The first-order valence-electron chi connectivity index (χ1n) is 14.9. The average Bonchev–Trinajstić information content (AvgIpc) is 3.71. The molecule has 5 heterocycles. The van der Waals surface area contributed by atoms with Crippen LogP contribution in [-0.2, 0) is 44.1 Å². The Bertz CT molecular complexity index is 1830. The van der Waals surface area contributed by atoms with Crippen molar-refractivity contribution in [2.24, 2.45) is 5.92 Å². The summed E-state index contributed by atoms with van der Waals surface area (Å²) in [5, 5.41) is 70.6. The molecule has 2 aliphatic rings. The topological polar surface area (TPSA) is 368 Å². The van der Waals surface area contributed by atoms with Gasteiger partial charge in [0.05, 0.1) is 25.7 Å². The number of phosphoric acid groups is 2. The molecule has 2 aliphatic heterocycles. The molecule has 5 rings (SSSR count). The fourth-order valence-electron chi connectivity index (χ4n) is 5.56. The predicted molar refractivity (Wildman–Crippen MR) is 158 cm³/mol. The van der Waals surface area contributed by atoms with E-state index in [0.29, 0.717) is 6.42 Å². The van der Waals surface area contributed by atoms with Gasteiger partial charge in [-0.1, -0.05) is 19.1 Å². The third kappa shape index (κ3) is 10.3. The van der Waals surface area contributed by atoms with Crippen LogP contribution in [0.15, 0.2) is 17.3 Å². The van der Waals surface area contributed by atoms with Gasteiger partial charge in [0.25, 0.3) is 21.2 Å². The zero-order valence-electron chi connectivity index (χ0n) is 28.5. The normalized spacial score (nSPS) is 31.3. The number of phosphoric ester groups is 2. The Morgan fingerprint density at radius 1 is 1.04 bits per heavy atom. The molecule has 3 aromatic heterocycles. The first-order valence-corrected chi connectivity index (χ1v) is 17.8. The summed E-state index contributed by atoms with van der Waals surface area (Å²) in [6.07, 6.45) is -13.8. The summed E-state index contributed by atoms with van der Waals surface area (Å²) < 4.78 is 51.2. The van der Waals surface area contributed by atoms with Crippen molar-refractivity contribution < 1.29 is 132 Å². The maximum Gasteiger partial charge on any atom is 1.00 e. The molecule has 28 heteroatoms. The van der Waals surface area contributed by atoms with Gasteiger partial charge < -0.3 is 60.2 Å². The molecule has 0 radical (unpaired) electrons. The molecule has 0 spiro atoms. The number of hydrogen-bond donors (Lipinski definition) is 8. The molecule has 3 unspecified atom stereocenters. The van der Waals surface area contributed by atoms with Crippen molar-refractivity contribution >= 4 is 32.8 Å². The summed E-state index contributed by atoms with van der Waals surface area (Å²) in [5.74, 6) is -0.202. The van der Waals surface area contributed by atoms with Gasteiger partial charge in [-0.2, -0.15) is 4.98 Å². The second-order valence-electron chi connectivity index (χ2n) is 12.4. The fraction of sp³-hybridized carbons (Fsp3) is 0.708. The van der Waals surface area contributed by atoms with Gasteiger partial charge in [-0.25, -0.2) is 14.0 Å². The number of aliphatic hydroxyl groups is 6. The minimum Gasteiger partial charge on any atom is -0.756 e. The van der Waals surface area contributed by atoms with Crippen LogP contribution in [0.4, 0.5) is 5.95 Å². The quantitative estimate of drug-likeness (QED) is 0.0587. The number of H-pyrrole nitrogens is 1. The predicted octanol–water partition coefficient (Wildman–Crippen LogP) is -10.3. The van der Waals surface area contributed by atoms with Gasteiger partial charge >= 0.3 is 59.1 Å². The molecule has 12 atom stereocenters. The van der Waals surface area contributed by atoms with Crippen molar-refractivity contribution in [1.29, 1.82) is 0 Å². The number of nitrogen functional groups attached to an aromatic ring is 1. The van der Waals surface area contributed by atoms with E-state index in [9.17, 15) is 54.4 Å². The fourth-order valence-corrected chi connectivity index (χ4v) is 7.64. The number of nitrogens with one attached hydrogen (secondary N) is 1. The Morgan fingerprint density at radius 3 is 2.35 bits per heavy atom. The maximum atomic E-state index is 12.6. The van der Waals surface area contributed by atoms with Gasteiger partial charge in [0.1, 0.15) is 54.0 Å². The molecule has 0 aromatic carbocycles. The van der Waals surface area contributed by atoms with E-state index in [2.05, 4.69) is 38.6 Å². The van der Waals surface area contributed by atoms with Crippen molar-refractivity contribution in [2.75, 3.05) is 12.3 Å². The summed E-state index contributed by atoms with van der Waals surface area (Å²) in [6.45, 7) is 3.79. The zero-order chi connectivity index (χ0) is 36.9. The van der Waals surface area contributed by atoms with Gasteiger partial charge in [-0.15, -0.1) is 5.10 Å². The van der Waals surface area contributed by atoms with Crippen molar-refractivity contribution in [3.8, 4) is 0 Å². The molecule has 9 N–H and O–H groups in total. The number of fused-ring (bicyclic) bond motifs is 1. The molecule has 2 fully saturated rings. The summed E-state index contributed by atoms with van der Waals surface area (Å²) in [5.41, 5.74) is 3.32.